The molecule has 16 heteroatoms. The summed E-state index contributed by atoms with van der Waals surface area (Å²) in [5.41, 5.74) is 2.73. The minimum absolute atomic E-state index is 0.00780. The summed E-state index contributed by atoms with van der Waals surface area (Å²) in [4.78, 5) is 60.7. The third-order valence-electron chi connectivity index (χ3n) is 6.09. The number of piperazine rings is 1. The second kappa shape index (κ2) is 10.6. The lowest BCUT2D eigenvalue weighted by Gasteiger charge is -2.29. The number of benzene rings is 1. The van der Waals surface area contributed by atoms with Gasteiger partial charge in [-0.3, -0.25) is 29.4 Å². The minimum atomic E-state index is -5.08. The third kappa shape index (κ3) is 5.80. The topological polar surface area (TPSA) is 167 Å². The average Bonchev–Trinajstić information content (AvgIpc) is 3.43. The Morgan fingerprint density at radius 2 is 1.87 bits per heavy atom. The Kier molecular flexibility index (Phi) is 7.43. The fourth-order valence-corrected chi connectivity index (χ4v) is 4.33. The maximum absolute atomic E-state index is 13.0. The number of carboxylic acids is 1. The van der Waals surface area contributed by atoms with Gasteiger partial charge in [0.2, 0.25) is 17.7 Å². The van der Waals surface area contributed by atoms with Gasteiger partial charge in [0.1, 0.15) is 6.04 Å². The number of alkyl halides is 3. The van der Waals surface area contributed by atoms with Gasteiger partial charge in [0.05, 0.1) is 24.1 Å². The summed E-state index contributed by atoms with van der Waals surface area (Å²) >= 11 is 0. The normalized spacial score (nSPS) is 19.9. The van der Waals surface area contributed by atoms with Gasteiger partial charge < -0.3 is 15.3 Å². The summed E-state index contributed by atoms with van der Waals surface area (Å²) in [6, 6.07) is 4.70. The van der Waals surface area contributed by atoms with E-state index in [1.165, 1.54) is 4.90 Å². The minimum Gasteiger partial charge on any atom is -0.475 e. The van der Waals surface area contributed by atoms with E-state index in [-0.39, 0.29) is 30.7 Å². The Hall–Kier alpha value is -4.34. The molecule has 13 nitrogen and oxygen atoms in total. The van der Waals surface area contributed by atoms with Crippen LogP contribution in [0.3, 0.4) is 0 Å². The molecule has 0 bridgehead atoms. The molecule has 0 spiro atoms. The van der Waals surface area contributed by atoms with Crippen LogP contribution in [-0.2, 0) is 32.3 Å². The number of aromatic nitrogens is 3. The van der Waals surface area contributed by atoms with Crippen molar-refractivity contribution >= 4 is 29.6 Å². The second-order valence-electron chi connectivity index (χ2n) is 8.72. The lowest BCUT2D eigenvalue weighted by Crippen LogP contribution is -2.52. The molecule has 3 N–H and O–H groups in total. The molecule has 0 aliphatic carbocycles. The maximum Gasteiger partial charge on any atom is 0.490 e. The highest BCUT2D eigenvalue weighted by molar-refractivity contribution is 6.05. The molecule has 3 aliphatic rings. The SMILES string of the molecule is O=C(O)C(F)(F)F.O=C1CN(Cc2cn(-c3cccc4c3CN(C3CCC(=O)NC3=O)C4=O)nn2)CCN1. The van der Waals surface area contributed by atoms with Crippen molar-refractivity contribution in [1.82, 2.24) is 35.4 Å². The summed E-state index contributed by atoms with van der Waals surface area (Å²) in [5, 5.41) is 20.7. The molecule has 4 heterocycles. The number of hydrogen-bond acceptors (Lipinski definition) is 8. The van der Waals surface area contributed by atoms with E-state index in [1.807, 2.05) is 11.0 Å². The van der Waals surface area contributed by atoms with Crippen LogP contribution in [0.5, 0.6) is 0 Å². The largest absolute Gasteiger partial charge is 0.490 e. The van der Waals surface area contributed by atoms with E-state index < -0.39 is 24.1 Å². The number of nitrogens with zero attached hydrogens (tertiary/aromatic N) is 5. The van der Waals surface area contributed by atoms with Crippen LogP contribution in [0.25, 0.3) is 5.69 Å². The van der Waals surface area contributed by atoms with Crippen molar-refractivity contribution in [3.63, 3.8) is 0 Å². The number of rotatable bonds is 4. The predicted octanol–water partition coefficient (Wildman–Crippen LogP) is -0.407. The van der Waals surface area contributed by atoms with Crippen molar-refractivity contribution in [3.05, 3.63) is 41.2 Å². The number of piperidine rings is 1. The second-order valence-corrected chi connectivity index (χ2v) is 8.72. The van der Waals surface area contributed by atoms with E-state index in [4.69, 9.17) is 9.90 Å². The first-order valence-corrected chi connectivity index (χ1v) is 11.4. The molecule has 2 aromatic rings. The fraction of sp³-hybridized carbons (Fsp3) is 0.409. The predicted molar refractivity (Wildman–Crippen MR) is 119 cm³/mol. The monoisotopic (exact) mass is 537 g/mol. The molecule has 1 aromatic heterocycles. The first kappa shape index (κ1) is 26.7. The Labute approximate surface area is 212 Å². The van der Waals surface area contributed by atoms with E-state index in [9.17, 15) is 32.3 Å². The molecule has 202 valence electrons. The van der Waals surface area contributed by atoms with Crippen LogP contribution in [-0.4, -0.2) is 91.4 Å². The molecule has 0 radical (unpaired) electrons. The van der Waals surface area contributed by atoms with Crippen molar-refractivity contribution in [3.8, 4) is 5.69 Å². The van der Waals surface area contributed by atoms with Gasteiger partial charge in [-0.05, 0) is 18.6 Å². The molecule has 38 heavy (non-hydrogen) atoms. The standard InChI is InChI=1S/C20H21N7O4.C2HF3O2/c28-17-5-4-16(19(30)22-17)26-10-14-13(20(26)31)2-1-3-15(14)27-9-12(23-24-27)8-25-7-6-21-18(29)11-25;3-2(4,5)1(6)7/h1-3,9,16H,4-8,10-11H2,(H,21,29)(H,22,28,30);(H,6,7). The molecule has 5 rings (SSSR count). The molecular formula is C22H22F3N7O6. The van der Waals surface area contributed by atoms with Crippen LogP contribution < -0.4 is 10.6 Å². The summed E-state index contributed by atoms with van der Waals surface area (Å²) in [6.07, 6.45) is -2.76. The highest BCUT2D eigenvalue weighted by Crippen LogP contribution is 2.31. The van der Waals surface area contributed by atoms with Gasteiger partial charge in [-0.15, -0.1) is 5.10 Å². The van der Waals surface area contributed by atoms with Gasteiger partial charge in [0.25, 0.3) is 5.91 Å². The van der Waals surface area contributed by atoms with E-state index in [1.54, 1.807) is 23.0 Å². The van der Waals surface area contributed by atoms with E-state index in [0.717, 1.165) is 23.5 Å². The molecule has 2 saturated heterocycles. The Morgan fingerprint density at radius 1 is 1.13 bits per heavy atom. The van der Waals surface area contributed by atoms with Crippen LogP contribution in [0.4, 0.5) is 13.2 Å². The number of carbonyl (C=O) groups excluding carboxylic acids is 4. The lowest BCUT2D eigenvalue weighted by atomic mass is 10.0. The molecule has 1 unspecified atom stereocenters. The summed E-state index contributed by atoms with van der Waals surface area (Å²) in [5.74, 6) is -3.75. The van der Waals surface area contributed by atoms with E-state index in [2.05, 4.69) is 20.9 Å². The van der Waals surface area contributed by atoms with Gasteiger partial charge in [-0.2, -0.15) is 13.2 Å². The average molecular weight is 537 g/mol. The highest BCUT2D eigenvalue weighted by atomic mass is 19.4. The first-order valence-electron chi connectivity index (χ1n) is 11.4. The zero-order chi connectivity index (χ0) is 27.6. The zero-order valence-corrected chi connectivity index (χ0v) is 19.7. The maximum atomic E-state index is 13.0. The van der Waals surface area contributed by atoms with Gasteiger partial charge in [-0.25, -0.2) is 9.48 Å². The number of carboxylic acid groups (broad SMARTS) is 1. The van der Waals surface area contributed by atoms with Crippen LogP contribution in [0.15, 0.2) is 24.4 Å². The Balaban J connectivity index is 0.000000426. The van der Waals surface area contributed by atoms with Crippen LogP contribution in [0.2, 0.25) is 0 Å². The smallest absolute Gasteiger partial charge is 0.475 e. The van der Waals surface area contributed by atoms with Crippen molar-refractivity contribution < 1.29 is 42.3 Å². The quantitative estimate of drug-likeness (QED) is 0.440. The van der Waals surface area contributed by atoms with Gasteiger partial charge in [-0.1, -0.05) is 11.3 Å². The number of amides is 4. The molecule has 3 aliphatic heterocycles. The molecule has 2 fully saturated rings. The third-order valence-corrected chi connectivity index (χ3v) is 6.09. The Bertz CT molecular complexity index is 1290. The molecule has 4 amide bonds. The van der Waals surface area contributed by atoms with Gasteiger partial charge in [0.15, 0.2) is 0 Å². The van der Waals surface area contributed by atoms with Crippen molar-refractivity contribution in [1.29, 1.82) is 0 Å². The molecule has 1 aromatic carbocycles. The Morgan fingerprint density at radius 3 is 2.53 bits per heavy atom. The first-order chi connectivity index (χ1) is 17.9. The summed E-state index contributed by atoms with van der Waals surface area (Å²) < 4.78 is 33.4. The lowest BCUT2D eigenvalue weighted by molar-refractivity contribution is -0.192. The van der Waals surface area contributed by atoms with Crippen LogP contribution in [0.1, 0.15) is 34.5 Å². The number of fused-ring (bicyclic) bond motifs is 1. The van der Waals surface area contributed by atoms with Crippen molar-refractivity contribution in [2.24, 2.45) is 0 Å². The van der Waals surface area contributed by atoms with Crippen molar-refractivity contribution in [2.75, 3.05) is 19.6 Å². The van der Waals surface area contributed by atoms with Gasteiger partial charge in [0, 0.05) is 43.7 Å². The zero-order valence-electron chi connectivity index (χ0n) is 19.7. The number of carbonyl (C=O) groups is 5. The van der Waals surface area contributed by atoms with Crippen LogP contribution in [0, 0.1) is 0 Å². The summed E-state index contributed by atoms with van der Waals surface area (Å²) in [7, 11) is 0. The van der Waals surface area contributed by atoms with E-state index in [0.29, 0.717) is 31.6 Å². The number of hydrogen-bond donors (Lipinski definition) is 3. The molecule has 1 atom stereocenters. The number of aliphatic carboxylic acids is 1. The number of halogens is 3. The fourth-order valence-electron chi connectivity index (χ4n) is 4.33. The number of imide groups is 1. The van der Waals surface area contributed by atoms with Crippen LogP contribution >= 0.6 is 0 Å². The van der Waals surface area contributed by atoms with E-state index >= 15 is 0 Å². The molecule has 0 saturated carbocycles. The summed E-state index contributed by atoms with van der Waals surface area (Å²) in [6.45, 7) is 2.44. The van der Waals surface area contributed by atoms with Gasteiger partial charge >= 0.3 is 12.1 Å². The number of nitrogens with one attached hydrogen (secondary N) is 2. The highest BCUT2D eigenvalue weighted by Gasteiger charge is 2.40. The van der Waals surface area contributed by atoms with Crippen molar-refractivity contribution in [2.45, 2.75) is 38.1 Å². The molecular weight excluding hydrogens is 515 g/mol.